The van der Waals surface area contributed by atoms with Gasteiger partial charge in [-0.1, -0.05) is 74.0 Å². The van der Waals surface area contributed by atoms with E-state index in [4.69, 9.17) is 5.11 Å². The number of amides is 4. The first kappa shape index (κ1) is 44.0. The molecule has 2 unspecified atom stereocenters. The first-order chi connectivity index (χ1) is 23.6. The number of allylic oxidation sites excluding steroid dienone is 1. The van der Waals surface area contributed by atoms with E-state index in [0.29, 0.717) is 57.3 Å². The van der Waals surface area contributed by atoms with Crippen molar-refractivity contribution >= 4 is 29.6 Å². The highest BCUT2D eigenvalue weighted by molar-refractivity contribution is 5.91. The van der Waals surface area contributed by atoms with E-state index in [2.05, 4.69) is 43.5 Å². The molecule has 0 radical (unpaired) electrons. The van der Waals surface area contributed by atoms with Crippen LogP contribution in [0.4, 0.5) is 0 Å². The Bertz CT molecular complexity index is 1230. The molecule has 7 N–H and O–H groups in total. The molecule has 0 aliphatic rings. The van der Waals surface area contributed by atoms with Gasteiger partial charge in [0.2, 0.25) is 23.6 Å². The van der Waals surface area contributed by atoms with Crippen LogP contribution in [-0.4, -0.2) is 76.4 Å². The number of aliphatic carboxylic acids is 1. The maximum Gasteiger partial charge on any atom is 0.303 e. The average molecular weight is 702 g/mol. The Morgan fingerprint density at radius 1 is 0.860 bits per heavy atom. The van der Waals surface area contributed by atoms with Crippen LogP contribution in [0.5, 0.6) is 0 Å². The number of hydrogen-bond acceptors (Lipinski definition) is 8. The molecule has 50 heavy (non-hydrogen) atoms. The maximum absolute atomic E-state index is 13.6. The summed E-state index contributed by atoms with van der Waals surface area (Å²) in [6.07, 6.45) is 6.62. The zero-order valence-corrected chi connectivity index (χ0v) is 31.4. The summed E-state index contributed by atoms with van der Waals surface area (Å²) in [6.45, 7) is 20.0. The highest BCUT2D eigenvalue weighted by Gasteiger charge is 2.30. The molecular formula is C37H63N7O6. The van der Waals surface area contributed by atoms with Crippen LogP contribution in [0.15, 0.2) is 36.8 Å². The number of carboxylic acids is 1. The predicted molar refractivity (Wildman–Crippen MR) is 196 cm³/mol. The van der Waals surface area contributed by atoms with Crippen LogP contribution in [0.25, 0.3) is 0 Å². The Morgan fingerprint density at radius 3 is 2.12 bits per heavy atom. The number of rotatable bonds is 25. The monoisotopic (exact) mass is 701 g/mol. The van der Waals surface area contributed by atoms with Crippen LogP contribution in [0, 0.1) is 17.8 Å². The fraction of sp³-hybridized carbons (Fsp3) is 0.676. The summed E-state index contributed by atoms with van der Waals surface area (Å²) < 4.78 is 0. The summed E-state index contributed by atoms with van der Waals surface area (Å²) >= 11 is 0. The quantitative estimate of drug-likeness (QED) is 0.0801. The molecule has 0 saturated heterocycles. The minimum atomic E-state index is -0.886. The molecule has 13 heteroatoms. The second-order valence-corrected chi connectivity index (χ2v) is 14.0. The standard InChI is InChI=1S/C37H63N7O6/c1-10-14-30(43-37(50)33(25(7)11-2)41-26(8)15-12-17-31(45)46)35(48)42-29(19-23(3)4)22-39-27(9)34(47)44-32(24(5)6)36(49)40-21-28-16-13-18-38-20-28/h13,16,18,20,23-25,27,29-30,32-33,39,41H,8,10-12,14-15,17,19,21-22H2,1-7,9H3,(H,40,49)(H,42,48)(H,43,50)(H,44,47)(H,45,46)/t25-,27-,29?,30-,32-,33?/m0/s1. The summed E-state index contributed by atoms with van der Waals surface area (Å²) in [7, 11) is 0. The summed E-state index contributed by atoms with van der Waals surface area (Å²) in [5.41, 5.74) is 1.43. The number of hydrogen-bond donors (Lipinski definition) is 7. The van der Waals surface area contributed by atoms with Crippen molar-refractivity contribution in [2.24, 2.45) is 17.8 Å². The molecule has 0 aromatic carbocycles. The lowest BCUT2D eigenvalue weighted by Crippen LogP contribution is -2.57. The fourth-order valence-corrected chi connectivity index (χ4v) is 5.36. The van der Waals surface area contributed by atoms with Gasteiger partial charge in [-0.3, -0.25) is 29.0 Å². The smallest absolute Gasteiger partial charge is 0.303 e. The third kappa shape index (κ3) is 17.1. The van der Waals surface area contributed by atoms with Gasteiger partial charge in [0.1, 0.15) is 18.1 Å². The van der Waals surface area contributed by atoms with Crippen molar-refractivity contribution in [3.8, 4) is 0 Å². The SMILES string of the molecule is C=C(CCCC(=O)O)NC(C(=O)N[C@@H](CCC)C(=O)NC(CN[C@@H](C)C(=O)N[C@H](C(=O)NCc1cccnc1)C(C)C)CC(C)C)[C@@H](C)CC. The van der Waals surface area contributed by atoms with Crippen LogP contribution < -0.4 is 31.9 Å². The maximum atomic E-state index is 13.6. The van der Waals surface area contributed by atoms with Gasteiger partial charge in [-0.2, -0.15) is 0 Å². The van der Waals surface area contributed by atoms with E-state index in [1.807, 2.05) is 54.5 Å². The van der Waals surface area contributed by atoms with Crippen LogP contribution >= 0.6 is 0 Å². The lowest BCUT2D eigenvalue weighted by Gasteiger charge is -2.29. The Morgan fingerprint density at radius 2 is 1.56 bits per heavy atom. The van der Waals surface area contributed by atoms with Crippen LogP contribution in [-0.2, 0) is 30.5 Å². The number of nitrogens with zero attached hydrogens (tertiary/aromatic N) is 1. The zero-order valence-electron chi connectivity index (χ0n) is 31.4. The van der Waals surface area contributed by atoms with E-state index in [1.165, 1.54) is 0 Å². The Labute approximate surface area is 299 Å². The van der Waals surface area contributed by atoms with Gasteiger partial charge in [-0.15, -0.1) is 0 Å². The molecule has 13 nitrogen and oxygen atoms in total. The molecule has 6 atom stereocenters. The van der Waals surface area contributed by atoms with Gasteiger partial charge in [-0.25, -0.2) is 0 Å². The number of carboxylic acid groups (broad SMARTS) is 1. The molecule has 0 saturated carbocycles. The first-order valence-electron chi connectivity index (χ1n) is 18.1. The van der Waals surface area contributed by atoms with Crippen molar-refractivity contribution in [3.05, 3.63) is 42.4 Å². The van der Waals surface area contributed by atoms with Crippen molar-refractivity contribution < 1.29 is 29.1 Å². The molecule has 1 heterocycles. The van der Waals surface area contributed by atoms with Gasteiger partial charge in [0.15, 0.2) is 0 Å². The number of carbonyl (C=O) groups excluding carboxylic acids is 4. The predicted octanol–water partition coefficient (Wildman–Crippen LogP) is 3.41. The van der Waals surface area contributed by atoms with E-state index in [0.717, 1.165) is 5.56 Å². The summed E-state index contributed by atoms with van der Waals surface area (Å²) in [6, 6.07) is 0.546. The van der Waals surface area contributed by atoms with Gasteiger partial charge in [0.25, 0.3) is 0 Å². The molecule has 1 aromatic rings. The van der Waals surface area contributed by atoms with Crippen LogP contribution in [0.3, 0.4) is 0 Å². The van der Waals surface area contributed by atoms with Crippen molar-refractivity contribution in [2.45, 2.75) is 137 Å². The molecule has 0 bridgehead atoms. The lowest BCUT2D eigenvalue weighted by molar-refractivity contribution is -0.137. The lowest BCUT2D eigenvalue weighted by atomic mass is 9.96. The molecule has 1 rings (SSSR count). The topological polar surface area (TPSA) is 191 Å². The van der Waals surface area contributed by atoms with E-state index in [9.17, 15) is 24.0 Å². The number of aromatic nitrogens is 1. The Balaban J connectivity index is 2.88. The van der Waals surface area contributed by atoms with E-state index < -0.39 is 30.1 Å². The number of pyridine rings is 1. The summed E-state index contributed by atoms with van der Waals surface area (Å²) in [5.74, 6) is -2.11. The first-order valence-corrected chi connectivity index (χ1v) is 18.1. The molecule has 0 spiro atoms. The summed E-state index contributed by atoms with van der Waals surface area (Å²) in [4.78, 5) is 68.2. The van der Waals surface area contributed by atoms with Crippen molar-refractivity contribution in [1.29, 1.82) is 0 Å². The largest absolute Gasteiger partial charge is 0.481 e. The van der Waals surface area contributed by atoms with Gasteiger partial charge >= 0.3 is 5.97 Å². The Kier molecular flexibility index (Phi) is 20.6. The molecule has 282 valence electrons. The van der Waals surface area contributed by atoms with Crippen molar-refractivity contribution in [3.63, 3.8) is 0 Å². The van der Waals surface area contributed by atoms with Crippen LogP contribution in [0.1, 0.15) is 106 Å². The van der Waals surface area contributed by atoms with Crippen molar-refractivity contribution in [1.82, 2.24) is 36.9 Å². The Hall–Kier alpha value is -4.00. The molecule has 0 fully saturated rings. The van der Waals surface area contributed by atoms with Crippen LogP contribution in [0.2, 0.25) is 0 Å². The molecule has 0 aliphatic heterocycles. The van der Waals surface area contributed by atoms with Gasteiger partial charge in [0.05, 0.1) is 6.04 Å². The molecule has 0 aliphatic carbocycles. The molecule has 4 amide bonds. The van der Waals surface area contributed by atoms with E-state index in [1.54, 1.807) is 25.4 Å². The molecule has 1 aromatic heterocycles. The third-order valence-corrected chi connectivity index (χ3v) is 8.54. The number of carbonyl (C=O) groups is 5. The minimum absolute atomic E-state index is 0.0125. The second kappa shape index (κ2) is 23.4. The highest BCUT2D eigenvalue weighted by atomic mass is 16.4. The van der Waals surface area contributed by atoms with Crippen molar-refractivity contribution in [2.75, 3.05) is 6.54 Å². The zero-order chi connectivity index (χ0) is 37.8. The van der Waals surface area contributed by atoms with Gasteiger partial charge < -0.3 is 37.0 Å². The van der Waals surface area contributed by atoms with E-state index in [-0.39, 0.29) is 53.8 Å². The normalized spacial score (nSPS) is 14.8. The minimum Gasteiger partial charge on any atom is -0.481 e. The van der Waals surface area contributed by atoms with Gasteiger partial charge in [-0.05, 0) is 62.0 Å². The second-order valence-electron chi connectivity index (χ2n) is 14.0. The fourth-order valence-electron chi connectivity index (χ4n) is 5.36. The summed E-state index contributed by atoms with van der Waals surface area (Å²) in [5, 5.41) is 27.1. The average Bonchev–Trinajstić information content (AvgIpc) is 3.06. The third-order valence-electron chi connectivity index (χ3n) is 8.54. The van der Waals surface area contributed by atoms with Gasteiger partial charge in [0, 0.05) is 43.6 Å². The molecular weight excluding hydrogens is 638 g/mol. The highest BCUT2D eigenvalue weighted by Crippen LogP contribution is 2.14. The number of nitrogens with one attached hydrogen (secondary N) is 6. The van der Waals surface area contributed by atoms with E-state index >= 15 is 0 Å².